The van der Waals surface area contributed by atoms with Crippen molar-refractivity contribution >= 4 is 38.6 Å². The smallest absolute Gasteiger partial charge is 0.139 e. The second-order valence-electron chi connectivity index (χ2n) is 4.99. The van der Waals surface area contributed by atoms with Crippen LogP contribution in [0.1, 0.15) is 37.5 Å². The molecule has 2 aromatic rings. The quantitative estimate of drug-likeness (QED) is 0.722. The molecule has 0 radical (unpaired) electrons. The van der Waals surface area contributed by atoms with Crippen LogP contribution in [0.25, 0.3) is 11.0 Å². The first-order valence-electron chi connectivity index (χ1n) is 6.00. The molecule has 0 bridgehead atoms. The van der Waals surface area contributed by atoms with E-state index >= 15 is 0 Å². The number of hydrogen-bond acceptors (Lipinski definition) is 1. The van der Waals surface area contributed by atoms with Gasteiger partial charge in [-0.25, -0.2) is 9.37 Å². The number of fused-ring (bicyclic) bond motifs is 1. The summed E-state index contributed by atoms with van der Waals surface area (Å²) in [5.74, 6) is 1.18. The van der Waals surface area contributed by atoms with Gasteiger partial charge in [0.05, 0.1) is 20.9 Å². The van der Waals surface area contributed by atoms with Crippen molar-refractivity contribution < 1.29 is 4.39 Å². The van der Waals surface area contributed by atoms with Crippen LogP contribution in [-0.2, 0) is 0 Å². The molecule has 96 valence electrons. The molecular weight excluding hydrogens is 319 g/mol. The zero-order chi connectivity index (χ0) is 13.0. The number of hydrogen-bond donors (Lipinski definition) is 0. The van der Waals surface area contributed by atoms with E-state index in [2.05, 4.69) is 32.4 Å². The van der Waals surface area contributed by atoms with Gasteiger partial charge in [-0.2, -0.15) is 0 Å². The Hall–Kier alpha value is -0.610. The molecule has 18 heavy (non-hydrogen) atoms. The molecule has 1 aromatic heterocycles. The number of benzene rings is 1. The lowest BCUT2D eigenvalue weighted by atomic mass is 10.3. The number of halogens is 3. The number of nitrogens with zero attached hydrogens (tertiary/aromatic N) is 2. The summed E-state index contributed by atoms with van der Waals surface area (Å²) in [5, 5.41) is -0.174. The molecule has 3 unspecified atom stereocenters. The lowest BCUT2D eigenvalue weighted by Crippen LogP contribution is -2.03. The highest BCUT2D eigenvalue weighted by molar-refractivity contribution is 9.10. The molecule has 0 aliphatic heterocycles. The van der Waals surface area contributed by atoms with Crippen LogP contribution in [-0.4, -0.2) is 9.55 Å². The molecule has 0 N–H and O–H groups in total. The lowest BCUT2D eigenvalue weighted by molar-refractivity contribution is 0.622. The molecular formula is C13H13BrClFN2. The Bertz CT molecular complexity index is 623. The molecule has 1 aliphatic rings. The van der Waals surface area contributed by atoms with E-state index in [1.165, 1.54) is 6.07 Å². The maximum absolute atomic E-state index is 13.6. The number of alkyl halides is 1. The standard InChI is InChI=1S/C13H13BrClFN2/c1-6-3-11(6)18-12-4-8(14)9(16)5-10(12)17-13(18)7(2)15/h4-7,11H,3H2,1-2H3. The van der Waals surface area contributed by atoms with Crippen LogP contribution in [0.4, 0.5) is 4.39 Å². The number of aromatic nitrogens is 2. The van der Waals surface area contributed by atoms with Gasteiger partial charge in [0.25, 0.3) is 0 Å². The van der Waals surface area contributed by atoms with E-state index in [1.807, 2.05) is 6.92 Å². The van der Waals surface area contributed by atoms with Gasteiger partial charge in [0.1, 0.15) is 11.6 Å². The summed E-state index contributed by atoms with van der Waals surface area (Å²) >= 11 is 9.42. The van der Waals surface area contributed by atoms with Crippen LogP contribution in [0, 0.1) is 11.7 Å². The van der Waals surface area contributed by atoms with Crippen LogP contribution in [0.3, 0.4) is 0 Å². The van der Waals surface area contributed by atoms with Crippen LogP contribution < -0.4 is 0 Å². The predicted molar refractivity (Wildman–Crippen MR) is 74.5 cm³/mol. The zero-order valence-electron chi connectivity index (χ0n) is 10.1. The monoisotopic (exact) mass is 330 g/mol. The highest BCUT2D eigenvalue weighted by Gasteiger charge is 2.37. The molecule has 5 heteroatoms. The van der Waals surface area contributed by atoms with Crippen molar-refractivity contribution in [2.45, 2.75) is 31.7 Å². The van der Waals surface area contributed by atoms with Gasteiger partial charge >= 0.3 is 0 Å². The van der Waals surface area contributed by atoms with Gasteiger partial charge in [0.2, 0.25) is 0 Å². The van der Waals surface area contributed by atoms with E-state index < -0.39 is 0 Å². The summed E-state index contributed by atoms with van der Waals surface area (Å²) in [6.07, 6.45) is 1.14. The van der Waals surface area contributed by atoms with E-state index in [1.54, 1.807) is 6.07 Å². The molecule has 1 heterocycles. The van der Waals surface area contributed by atoms with Gasteiger partial charge in [-0.15, -0.1) is 11.6 Å². The number of imidazole rings is 1. The third-order valence-electron chi connectivity index (χ3n) is 3.51. The fourth-order valence-corrected chi connectivity index (χ4v) is 2.89. The van der Waals surface area contributed by atoms with Crippen molar-refractivity contribution in [2.24, 2.45) is 5.92 Å². The Kier molecular flexibility index (Phi) is 2.90. The molecule has 1 fully saturated rings. The van der Waals surface area contributed by atoms with Crippen molar-refractivity contribution in [2.75, 3.05) is 0 Å². The predicted octanol–water partition coefficient (Wildman–Crippen LogP) is 4.82. The van der Waals surface area contributed by atoms with Crippen molar-refractivity contribution in [1.29, 1.82) is 0 Å². The van der Waals surface area contributed by atoms with E-state index in [0.717, 1.165) is 17.8 Å². The molecule has 0 saturated heterocycles. The first kappa shape index (κ1) is 12.4. The van der Waals surface area contributed by atoms with E-state index in [9.17, 15) is 4.39 Å². The van der Waals surface area contributed by atoms with Gasteiger partial charge in [-0.1, -0.05) is 6.92 Å². The molecule has 3 atom stereocenters. The van der Waals surface area contributed by atoms with E-state index in [4.69, 9.17) is 11.6 Å². The topological polar surface area (TPSA) is 17.8 Å². The minimum atomic E-state index is -0.287. The Morgan fingerprint density at radius 1 is 1.56 bits per heavy atom. The summed E-state index contributed by atoms with van der Waals surface area (Å²) in [6.45, 7) is 4.11. The SMILES string of the molecule is CC(Cl)c1nc2cc(F)c(Br)cc2n1C1CC1C. The molecule has 1 saturated carbocycles. The third-order valence-corrected chi connectivity index (χ3v) is 4.32. The maximum atomic E-state index is 13.6. The Balaban J connectivity index is 2.27. The van der Waals surface area contributed by atoms with Crippen LogP contribution in [0.15, 0.2) is 16.6 Å². The average Bonchev–Trinajstić information content (AvgIpc) is 2.88. The average molecular weight is 332 g/mol. The van der Waals surface area contributed by atoms with Gasteiger partial charge in [0, 0.05) is 12.1 Å². The largest absolute Gasteiger partial charge is 0.323 e. The second kappa shape index (κ2) is 4.20. The first-order valence-corrected chi connectivity index (χ1v) is 7.23. The number of rotatable bonds is 2. The molecule has 0 spiro atoms. The van der Waals surface area contributed by atoms with E-state index in [0.29, 0.717) is 21.9 Å². The second-order valence-corrected chi connectivity index (χ2v) is 6.50. The highest BCUT2D eigenvalue weighted by atomic mass is 79.9. The molecule has 0 amide bonds. The maximum Gasteiger partial charge on any atom is 0.139 e. The van der Waals surface area contributed by atoms with Crippen molar-refractivity contribution in [3.63, 3.8) is 0 Å². The molecule has 3 rings (SSSR count). The summed E-state index contributed by atoms with van der Waals surface area (Å²) in [5.41, 5.74) is 1.64. The van der Waals surface area contributed by atoms with E-state index in [-0.39, 0.29) is 11.2 Å². The fourth-order valence-electron chi connectivity index (χ4n) is 2.40. The Morgan fingerprint density at radius 3 is 2.78 bits per heavy atom. The van der Waals surface area contributed by atoms with Gasteiger partial charge in [-0.3, -0.25) is 0 Å². The van der Waals surface area contributed by atoms with Gasteiger partial charge in [-0.05, 0) is 41.3 Å². The van der Waals surface area contributed by atoms with Crippen molar-refractivity contribution in [3.05, 3.63) is 28.2 Å². The summed E-state index contributed by atoms with van der Waals surface area (Å²) < 4.78 is 16.2. The summed E-state index contributed by atoms with van der Waals surface area (Å²) in [6, 6.07) is 3.71. The minimum absolute atomic E-state index is 0.174. The molecule has 1 aliphatic carbocycles. The summed E-state index contributed by atoms with van der Waals surface area (Å²) in [7, 11) is 0. The fraction of sp³-hybridized carbons (Fsp3) is 0.462. The van der Waals surface area contributed by atoms with Gasteiger partial charge in [0.15, 0.2) is 0 Å². The molecule has 1 aromatic carbocycles. The van der Waals surface area contributed by atoms with Crippen LogP contribution >= 0.6 is 27.5 Å². The third kappa shape index (κ3) is 1.86. The lowest BCUT2D eigenvalue weighted by Gasteiger charge is -2.09. The van der Waals surface area contributed by atoms with Crippen molar-refractivity contribution in [1.82, 2.24) is 9.55 Å². The Morgan fingerprint density at radius 2 is 2.22 bits per heavy atom. The summed E-state index contributed by atoms with van der Waals surface area (Å²) in [4.78, 5) is 4.48. The normalized spacial score (nSPS) is 24.5. The Labute approximate surface area is 118 Å². The zero-order valence-corrected chi connectivity index (χ0v) is 12.5. The van der Waals surface area contributed by atoms with Crippen LogP contribution in [0.5, 0.6) is 0 Å². The van der Waals surface area contributed by atoms with Gasteiger partial charge < -0.3 is 4.57 Å². The van der Waals surface area contributed by atoms with Crippen LogP contribution in [0.2, 0.25) is 0 Å². The highest BCUT2D eigenvalue weighted by Crippen LogP contribution is 2.46. The first-order chi connectivity index (χ1) is 8.49. The molecule has 2 nitrogen and oxygen atoms in total. The minimum Gasteiger partial charge on any atom is -0.323 e. The van der Waals surface area contributed by atoms with Crippen molar-refractivity contribution in [3.8, 4) is 0 Å².